The summed E-state index contributed by atoms with van der Waals surface area (Å²) >= 11 is 0. The monoisotopic (exact) mass is 253 g/mol. The second-order valence-electron chi connectivity index (χ2n) is 5.54. The Labute approximate surface area is 107 Å². The van der Waals surface area contributed by atoms with E-state index in [1.165, 1.54) is 12.1 Å². The van der Waals surface area contributed by atoms with Crippen LogP contribution in [0.4, 0.5) is 4.39 Å². The Hall–Kier alpha value is -1.42. The van der Waals surface area contributed by atoms with Crippen LogP contribution in [0.15, 0.2) is 24.3 Å². The van der Waals surface area contributed by atoms with Crippen LogP contribution in [0.2, 0.25) is 0 Å². The fourth-order valence-electron chi connectivity index (χ4n) is 1.41. The molecule has 0 radical (unpaired) electrons. The van der Waals surface area contributed by atoms with E-state index in [1.54, 1.807) is 26.0 Å². The number of hydrogen-bond donors (Lipinski definition) is 2. The van der Waals surface area contributed by atoms with Gasteiger partial charge in [-0.3, -0.25) is 4.79 Å². The summed E-state index contributed by atoms with van der Waals surface area (Å²) in [6.07, 6.45) is 0. The van der Waals surface area contributed by atoms with E-state index in [2.05, 4.69) is 5.32 Å². The summed E-state index contributed by atoms with van der Waals surface area (Å²) in [4.78, 5) is 11.2. The van der Waals surface area contributed by atoms with Crippen LogP contribution in [0.25, 0.3) is 0 Å². The van der Waals surface area contributed by atoms with Crippen LogP contribution in [0.1, 0.15) is 33.3 Å². The predicted molar refractivity (Wildman–Crippen MR) is 68.7 cm³/mol. The zero-order chi connectivity index (χ0) is 14.0. The average molecular weight is 253 g/mol. The van der Waals surface area contributed by atoms with Gasteiger partial charge in [0.15, 0.2) is 0 Å². The molecular formula is C14H20FNO2. The normalized spacial score (nSPS) is 12.5. The molecule has 0 fully saturated rings. The highest BCUT2D eigenvalue weighted by Gasteiger charge is 2.42. The van der Waals surface area contributed by atoms with Crippen LogP contribution in [0, 0.1) is 11.2 Å². The number of hydrogen-bond acceptors (Lipinski definition) is 2. The number of aliphatic carboxylic acids is 1. The van der Waals surface area contributed by atoms with E-state index < -0.39 is 16.9 Å². The third-order valence-corrected chi connectivity index (χ3v) is 3.74. The van der Waals surface area contributed by atoms with Gasteiger partial charge in [0.25, 0.3) is 0 Å². The fourth-order valence-corrected chi connectivity index (χ4v) is 1.41. The highest BCUT2D eigenvalue weighted by atomic mass is 19.1. The van der Waals surface area contributed by atoms with Gasteiger partial charge in [-0.05, 0) is 45.4 Å². The smallest absolute Gasteiger partial charge is 0.310 e. The van der Waals surface area contributed by atoms with Gasteiger partial charge in [0.05, 0.1) is 5.41 Å². The summed E-state index contributed by atoms with van der Waals surface area (Å²) in [6.45, 7) is 7.58. The second kappa shape index (κ2) is 5.06. The van der Waals surface area contributed by atoms with Gasteiger partial charge in [-0.25, -0.2) is 4.39 Å². The zero-order valence-electron chi connectivity index (χ0n) is 11.2. The molecule has 0 saturated heterocycles. The van der Waals surface area contributed by atoms with E-state index in [9.17, 15) is 14.3 Å². The van der Waals surface area contributed by atoms with Gasteiger partial charge in [-0.1, -0.05) is 12.1 Å². The molecule has 0 amide bonds. The molecule has 1 rings (SSSR count). The second-order valence-corrected chi connectivity index (χ2v) is 5.54. The van der Waals surface area contributed by atoms with E-state index >= 15 is 0 Å². The maximum Gasteiger partial charge on any atom is 0.310 e. The molecule has 0 unspecified atom stereocenters. The largest absolute Gasteiger partial charge is 0.481 e. The molecule has 0 saturated carbocycles. The summed E-state index contributed by atoms with van der Waals surface area (Å²) in [5, 5.41) is 12.4. The molecule has 0 heterocycles. The van der Waals surface area contributed by atoms with Gasteiger partial charge in [0.1, 0.15) is 5.82 Å². The van der Waals surface area contributed by atoms with Gasteiger partial charge < -0.3 is 10.4 Å². The Morgan fingerprint density at radius 3 is 2.17 bits per heavy atom. The van der Waals surface area contributed by atoms with Crippen LogP contribution in [0.5, 0.6) is 0 Å². The third kappa shape index (κ3) is 3.07. The molecule has 0 aliphatic heterocycles. The van der Waals surface area contributed by atoms with Crippen molar-refractivity contribution in [2.75, 3.05) is 0 Å². The van der Waals surface area contributed by atoms with Crippen molar-refractivity contribution in [3.8, 4) is 0 Å². The van der Waals surface area contributed by atoms with Crippen molar-refractivity contribution in [1.29, 1.82) is 0 Å². The van der Waals surface area contributed by atoms with Gasteiger partial charge in [0.2, 0.25) is 0 Å². The van der Waals surface area contributed by atoms with Gasteiger partial charge in [-0.15, -0.1) is 0 Å². The molecule has 1 aromatic rings. The Morgan fingerprint density at radius 2 is 1.72 bits per heavy atom. The van der Waals surface area contributed by atoms with Crippen molar-refractivity contribution < 1.29 is 14.3 Å². The van der Waals surface area contributed by atoms with E-state index in [0.717, 1.165) is 5.56 Å². The molecule has 0 aliphatic carbocycles. The predicted octanol–water partition coefficient (Wildman–Crippen LogP) is 2.80. The molecule has 0 atom stereocenters. The van der Waals surface area contributed by atoms with Crippen LogP contribution in [-0.4, -0.2) is 16.6 Å². The summed E-state index contributed by atoms with van der Waals surface area (Å²) < 4.78 is 12.8. The van der Waals surface area contributed by atoms with Crippen molar-refractivity contribution in [3.05, 3.63) is 35.6 Å². The van der Waals surface area contributed by atoms with Crippen molar-refractivity contribution in [2.24, 2.45) is 5.41 Å². The minimum atomic E-state index is -0.896. The topological polar surface area (TPSA) is 49.3 Å². The van der Waals surface area contributed by atoms with Gasteiger partial charge >= 0.3 is 5.97 Å². The number of halogens is 1. The minimum Gasteiger partial charge on any atom is -0.481 e. The molecule has 0 bridgehead atoms. The molecule has 3 nitrogen and oxygen atoms in total. The lowest BCUT2D eigenvalue weighted by Gasteiger charge is -2.39. The summed E-state index contributed by atoms with van der Waals surface area (Å²) in [6, 6.07) is 6.16. The van der Waals surface area contributed by atoms with E-state index in [4.69, 9.17) is 0 Å². The van der Waals surface area contributed by atoms with Crippen molar-refractivity contribution >= 4 is 5.97 Å². The Bertz CT molecular complexity index is 424. The summed E-state index contributed by atoms with van der Waals surface area (Å²) in [5.41, 5.74) is -0.550. The number of carboxylic acids is 1. The molecule has 0 aromatic heterocycles. The highest BCUT2D eigenvalue weighted by Crippen LogP contribution is 2.30. The first-order chi connectivity index (χ1) is 8.17. The number of carboxylic acid groups (broad SMARTS) is 1. The zero-order valence-corrected chi connectivity index (χ0v) is 11.2. The number of nitrogens with one attached hydrogen (secondary N) is 1. The number of rotatable bonds is 5. The molecular weight excluding hydrogens is 233 g/mol. The lowest BCUT2D eigenvalue weighted by Crippen LogP contribution is -2.54. The maximum absolute atomic E-state index is 12.8. The Morgan fingerprint density at radius 1 is 1.22 bits per heavy atom. The number of carbonyl (C=O) groups is 1. The lowest BCUT2D eigenvalue weighted by molar-refractivity contribution is -0.151. The fraction of sp³-hybridized carbons (Fsp3) is 0.500. The quantitative estimate of drug-likeness (QED) is 0.848. The standard InChI is InChI=1S/C14H20FNO2/c1-13(2,12(17)18)14(3,4)16-9-10-5-7-11(15)8-6-10/h5-8,16H,9H2,1-4H3,(H,17,18). The molecule has 0 aliphatic rings. The first kappa shape index (κ1) is 14.6. The summed E-state index contributed by atoms with van der Waals surface area (Å²) in [7, 11) is 0. The van der Waals surface area contributed by atoms with Crippen LogP contribution in [-0.2, 0) is 11.3 Å². The molecule has 18 heavy (non-hydrogen) atoms. The van der Waals surface area contributed by atoms with Crippen molar-refractivity contribution in [1.82, 2.24) is 5.32 Å². The van der Waals surface area contributed by atoms with Crippen LogP contribution >= 0.6 is 0 Å². The van der Waals surface area contributed by atoms with Crippen molar-refractivity contribution in [2.45, 2.75) is 39.8 Å². The number of benzene rings is 1. The first-order valence-electron chi connectivity index (χ1n) is 5.90. The molecule has 1 aromatic carbocycles. The maximum atomic E-state index is 12.8. The SMILES string of the molecule is CC(C)(NCc1ccc(F)cc1)C(C)(C)C(=O)O. The molecule has 100 valence electrons. The Kier molecular flexibility index (Phi) is 4.12. The third-order valence-electron chi connectivity index (χ3n) is 3.74. The van der Waals surface area contributed by atoms with E-state index in [0.29, 0.717) is 6.54 Å². The van der Waals surface area contributed by atoms with Gasteiger partial charge in [0, 0.05) is 12.1 Å². The van der Waals surface area contributed by atoms with Crippen LogP contribution in [0.3, 0.4) is 0 Å². The molecule has 0 spiro atoms. The van der Waals surface area contributed by atoms with Crippen LogP contribution < -0.4 is 5.32 Å². The Balaban J connectivity index is 2.73. The first-order valence-corrected chi connectivity index (χ1v) is 5.90. The van der Waals surface area contributed by atoms with Crippen molar-refractivity contribution in [3.63, 3.8) is 0 Å². The lowest BCUT2D eigenvalue weighted by atomic mass is 9.74. The summed E-state index contributed by atoms with van der Waals surface area (Å²) in [5.74, 6) is -1.12. The van der Waals surface area contributed by atoms with E-state index in [1.807, 2.05) is 13.8 Å². The van der Waals surface area contributed by atoms with Gasteiger partial charge in [-0.2, -0.15) is 0 Å². The molecule has 4 heteroatoms. The minimum absolute atomic E-state index is 0.274. The van der Waals surface area contributed by atoms with E-state index in [-0.39, 0.29) is 5.82 Å². The average Bonchev–Trinajstić information content (AvgIpc) is 2.28. The molecule has 2 N–H and O–H groups in total. The highest BCUT2D eigenvalue weighted by molar-refractivity contribution is 5.75.